The Morgan fingerprint density at radius 2 is 1.59 bits per heavy atom. The van der Waals surface area contributed by atoms with Gasteiger partial charge in [0, 0.05) is 6.54 Å². The van der Waals surface area contributed by atoms with Crippen molar-refractivity contribution < 1.29 is 18.7 Å². The van der Waals surface area contributed by atoms with E-state index in [1.165, 1.54) is 17.0 Å². The largest absolute Gasteiger partial charge is 0.495 e. The van der Waals surface area contributed by atoms with Gasteiger partial charge in [-0.15, -0.1) is 0 Å². The number of aryl methyl sites for hydroxylation is 1. The Hall–Kier alpha value is -3.93. The van der Waals surface area contributed by atoms with Gasteiger partial charge in [-0.05, 0) is 48.7 Å². The highest BCUT2D eigenvalue weighted by Crippen LogP contribution is 2.33. The SMILES string of the molecule is COc1ccccc1NC1=C(c2ccc(C)cc2)C(=O)N(CCc2ccc(F)cc2)C1=O. The molecule has 0 aromatic heterocycles. The van der Waals surface area contributed by atoms with Gasteiger partial charge in [0.2, 0.25) is 0 Å². The number of methoxy groups -OCH3 is 1. The van der Waals surface area contributed by atoms with E-state index in [4.69, 9.17) is 4.74 Å². The van der Waals surface area contributed by atoms with Gasteiger partial charge in [-0.25, -0.2) is 4.39 Å². The Bertz CT molecular complexity index is 1180. The zero-order valence-corrected chi connectivity index (χ0v) is 17.9. The maximum absolute atomic E-state index is 13.3. The molecule has 1 N–H and O–H groups in total. The minimum Gasteiger partial charge on any atom is -0.495 e. The number of rotatable bonds is 7. The lowest BCUT2D eigenvalue weighted by Gasteiger charge is -2.16. The molecule has 0 fully saturated rings. The minimum atomic E-state index is -0.404. The van der Waals surface area contributed by atoms with E-state index in [0.29, 0.717) is 29.0 Å². The van der Waals surface area contributed by atoms with Gasteiger partial charge in [-0.2, -0.15) is 0 Å². The quantitative estimate of drug-likeness (QED) is 0.558. The van der Waals surface area contributed by atoms with Crippen molar-refractivity contribution in [2.75, 3.05) is 19.0 Å². The van der Waals surface area contributed by atoms with E-state index in [1.807, 2.05) is 43.3 Å². The van der Waals surface area contributed by atoms with Gasteiger partial charge < -0.3 is 10.1 Å². The fraction of sp³-hybridized carbons (Fsp3) is 0.154. The standard InChI is InChI=1S/C26H23FN2O3/c1-17-7-11-19(12-8-17)23-24(28-21-5-3-4-6-22(21)32-2)26(31)29(25(23)30)16-15-18-9-13-20(27)14-10-18/h3-14,28H,15-16H2,1-2H3. The van der Waals surface area contributed by atoms with Crippen LogP contribution in [0.4, 0.5) is 10.1 Å². The first-order valence-corrected chi connectivity index (χ1v) is 10.3. The molecular weight excluding hydrogens is 407 g/mol. The molecule has 6 heteroatoms. The first-order valence-electron chi connectivity index (χ1n) is 10.3. The van der Waals surface area contributed by atoms with Gasteiger partial charge in [0.1, 0.15) is 17.3 Å². The molecule has 0 saturated heterocycles. The number of halogens is 1. The number of imide groups is 1. The number of amides is 2. The van der Waals surface area contributed by atoms with Crippen molar-refractivity contribution in [2.45, 2.75) is 13.3 Å². The molecule has 1 aliphatic rings. The molecule has 0 radical (unpaired) electrons. The highest BCUT2D eigenvalue weighted by Gasteiger charge is 2.39. The van der Waals surface area contributed by atoms with Crippen molar-refractivity contribution in [1.29, 1.82) is 0 Å². The Kier molecular flexibility index (Phi) is 6.03. The van der Waals surface area contributed by atoms with Gasteiger partial charge in [0.15, 0.2) is 0 Å². The molecule has 3 aromatic rings. The van der Waals surface area contributed by atoms with Crippen molar-refractivity contribution in [3.63, 3.8) is 0 Å². The number of ether oxygens (including phenoxy) is 1. The van der Waals surface area contributed by atoms with Crippen LogP contribution in [0.2, 0.25) is 0 Å². The predicted octanol–water partition coefficient (Wildman–Crippen LogP) is 4.58. The molecule has 0 spiro atoms. The summed E-state index contributed by atoms with van der Waals surface area (Å²) < 4.78 is 18.6. The molecule has 0 atom stereocenters. The molecule has 162 valence electrons. The van der Waals surface area contributed by atoms with Crippen LogP contribution in [-0.4, -0.2) is 30.4 Å². The highest BCUT2D eigenvalue weighted by molar-refractivity contribution is 6.36. The van der Waals surface area contributed by atoms with Crippen LogP contribution in [0, 0.1) is 12.7 Å². The molecule has 32 heavy (non-hydrogen) atoms. The second-order valence-electron chi connectivity index (χ2n) is 7.58. The van der Waals surface area contributed by atoms with Crippen molar-refractivity contribution in [3.8, 4) is 5.75 Å². The maximum atomic E-state index is 13.3. The van der Waals surface area contributed by atoms with E-state index in [9.17, 15) is 14.0 Å². The Labute approximate surface area is 186 Å². The molecule has 0 saturated carbocycles. The van der Waals surface area contributed by atoms with Crippen LogP contribution >= 0.6 is 0 Å². The molecule has 2 amide bonds. The summed E-state index contributed by atoms with van der Waals surface area (Å²) in [5, 5.41) is 3.13. The van der Waals surface area contributed by atoms with Crippen LogP contribution in [0.25, 0.3) is 5.57 Å². The van der Waals surface area contributed by atoms with Gasteiger partial charge in [0.05, 0.1) is 18.4 Å². The number of nitrogens with zero attached hydrogens (tertiary/aromatic N) is 1. The van der Waals surface area contributed by atoms with E-state index in [2.05, 4.69) is 5.32 Å². The van der Waals surface area contributed by atoms with Crippen molar-refractivity contribution in [1.82, 2.24) is 4.90 Å². The van der Waals surface area contributed by atoms with Gasteiger partial charge >= 0.3 is 0 Å². The van der Waals surface area contributed by atoms with E-state index >= 15 is 0 Å². The zero-order chi connectivity index (χ0) is 22.7. The van der Waals surface area contributed by atoms with Crippen LogP contribution in [-0.2, 0) is 16.0 Å². The second kappa shape index (κ2) is 9.06. The molecule has 0 unspecified atom stereocenters. The summed E-state index contributed by atoms with van der Waals surface area (Å²) in [5.74, 6) is -0.529. The molecule has 4 rings (SSSR count). The number of benzene rings is 3. The lowest BCUT2D eigenvalue weighted by Crippen LogP contribution is -2.34. The summed E-state index contributed by atoms with van der Waals surface area (Å²) in [6.07, 6.45) is 0.431. The molecule has 3 aromatic carbocycles. The third-order valence-electron chi connectivity index (χ3n) is 5.41. The predicted molar refractivity (Wildman–Crippen MR) is 122 cm³/mol. The van der Waals surface area contributed by atoms with Crippen molar-refractivity contribution in [3.05, 3.63) is 101 Å². The maximum Gasteiger partial charge on any atom is 0.278 e. The van der Waals surface area contributed by atoms with E-state index in [-0.39, 0.29) is 24.0 Å². The van der Waals surface area contributed by atoms with Crippen LogP contribution in [0.1, 0.15) is 16.7 Å². The number of carbonyl (C=O) groups excluding carboxylic acids is 2. The lowest BCUT2D eigenvalue weighted by atomic mass is 10.0. The van der Waals surface area contributed by atoms with Gasteiger partial charge in [-0.3, -0.25) is 14.5 Å². The van der Waals surface area contributed by atoms with Crippen molar-refractivity contribution in [2.24, 2.45) is 0 Å². The fourth-order valence-corrected chi connectivity index (χ4v) is 3.66. The zero-order valence-electron chi connectivity index (χ0n) is 17.9. The molecule has 1 heterocycles. The Morgan fingerprint density at radius 3 is 2.28 bits per heavy atom. The minimum absolute atomic E-state index is 0.190. The van der Waals surface area contributed by atoms with E-state index in [1.54, 1.807) is 31.4 Å². The van der Waals surface area contributed by atoms with Crippen LogP contribution in [0.15, 0.2) is 78.5 Å². The third-order valence-corrected chi connectivity index (χ3v) is 5.41. The number of hydrogen-bond acceptors (Lipinski definition) is 4. The summed E-state index contributed by atoms with van der Waals surface area (Å²) in [4.78, 5) is 27.9. The topological polar surface area (TPSA) is 58.6 Å². The molecule has 0 aliphatic carbocycles. The number of anilines is 1. The first kappa shape index (κ1) is 21.3. The molecule has 5 nitrogen and oxygen atoms in total. The van der Waals surface area contributed by atoms with Crippen molar-refractivity contribution >= 4 is 23.1 Å². The number of carbonyl (C=O) groups is 2. The van der Waals surface area contributed by atoms with Crippen LogP contribution in [0.5, 0.6) is 5.75 Å². The number of nitrogens with one attached hydrogen (secondary N) is 1. The molecular formula is C26H23FN2O3. The normalized spacial score (nSPS) is 13.7. The average Bonchev–Trinajstić information content (AvgIpc) is 3.03. The summed E-state index contributed by atoms with van der Waals surface area (Å²) in [6, 6.07) is 20.8. The van der Waals surface area contributed by atoms with E-state index in [0.717, 1.165) is 11.1 Å². The summed E-state index contributed by atoms with van der Waals surface area (Å²) in [6.45, 7) is 2.15. The third kappa shape index (κ3) is 4.25. The van der Waals surface area contributed by atoms with Gasteiger partial charge in [-0.1, -0.05) is 54.1 Å². The fourth-order valence-electron chi connectivity index (χ4n) is 3.66. The van der Waals surface area contributed by atoms with Crippen LogP contribution < -0.4 is 10.1 Å². The highest BCUT2D eigenvalue weighted by atomic mass is 19.1. The number of hydrogen-bond donors (Lipinski definition) is 1. The van der Waals surface area contributed by atoms with E-state index < -0.39 is 5.91 Å². The summed E-state index contributed by atoms with van der Waals surface area (Å²) in [7, 11) is 1.55. The van der Waals surface area contributed by atoms with Gasteiger partial charge in [0.25, 0.3) is 11.8 Å². The molecule has 1 aliphatic heterocycles. The second-order valence-corrected chi connectivity index (χ2v) is 7.58. The summed E-state index contributed by atoms with van der Waals surface area (Å²) in [5.41, 5.74) is 3.68. The number of para-hydroxylation sites is 2. The summed E-state index contributed by atoms with van der Waals surface area (Å²) >= 11 is 0. The van der Waals surface area contributed by atoms with Crippen LogP contribution in [0.3, 0.4) is 0 Å². The Morgan fingerprint density at radius 1 is 0.906 bits per heavy atom. The Balaban J connectivity index is 1.67. The first-order chi connectivity index (χ1) is 15.5. The monoisotopic (exact) mass is 430 g/mol. The lowest BCUT2D eigenvalue weighted by molar-refractivity contribution is -0.136. The smallest absolute Gasteiger partial charge is 0.278 e. The average molecular weight is 430 g/mol. The molecule has 0 bridgehead atoms.